The van der Waals surface area contributed by atoms with E-state index < -0.39 is 0 Å². The Kier molecular flexibility index (Phi) is 5.63. The number of fused-ring (bicyclic) bond motifs is 1. The summed E-state index contributed by atoms with van der Waals surface area (Å²) < 4.78 is 9.63. The summed E-state index contributed by atoms with van der Waals surface area (Å²) in [5.74, 6) is 0.361. The molecular formula is C27H34N6O3. The summed E-state index contributed by atoms with van der Waals surface area (Å²) in [7, 11) is 1.73. The van der Waals surface area contributed by atoms with Gasteiger partial charge in [0.2, 0.25) is 5.91 Å². The molecule has 2 aliphatic carbocycles. The number of carbonyl (C=O) groups is 1. The van der Waals surface area contributed by atoms with Crippen LogP contribution in [0, 0.1) is 0 Å². The molecule has 1 aliphatic heterocycles. The molecule has 3 aromatic heterocycles. The van der Waals surface area contributed by atoms with Crippen molar-refractivity contribution in [2.75, 3.05) is 30.4 Å². The van der Waals surface area contributed by atoms with Crippen LogP contribution in [0.15, 0.2) is 29.3 Å². The molecule has 0 radical (unpaired) electrons. The number of hydrogen-bond donors (Lipinski definition) is 1. The van der Waals surface area contributed by atoms with E-state index in [9.17, 15) is 9.59 Å². The van der Waals surface area contributed by atoms with Crippen molar-refractivity contribution in [3.8, 4) is 11.3 Å². The Morgan fingerprint density at radius 2 is 2.00 bits per heavy atom. The summed E-state index contributed by atoms with van der Waals surface area (Å²) in [5, 5.41) is 8.79. The Labute approximate surface area is 210 Å². The monoisotopic (exact) mass is 490 g/mol. The first-order valence-electron chi connectivity index (χ1n) is 13.1. The number of nitrogens with one attached hydrogen (secondary N) is 1. The van der Waals surface area contributed by atoms with Gasteiger partial charge in [0, 0.05) is 50.3 Å². The minimum absolute atomic E-state index is 0.0268. The van der Waals surface area contributed by atoms with Gasteiger partial charge >= 0.3 is 0 Å². The number of aromatic nitrogens is 4. The van der Waals surface area contributed by atoms with E-state index in [0.29, 0.717) is 24.1 Å². The number of rotatable bonds is 6. The quantitative estimate of drug-likeness (QED) is 0.560. The van der Waals surface area contributed by atoms with Crippen LogP contribution in [-0.4, -0.2) is 51.5 Å². The lowest BCUT2D eigenvalue weighted by Gasteiger charge is -2.39. The molecule has 36 heavy (non-hydrogen) atoms. The van der Waals surface area contributed by atoms with Crippen molar-refractivity contribution < 1.29 is 9.53 Å². The highest BCUT2D eigenvalue weighted by Crippen LogP contribution is 2.41. The van der Waals surface area contributed by atoms with Gasteiger partial charge in [-0.2, -0.15) is 5.10 Å². The van der Waals surface area contributed by atoms with Crippen LogP contribution in [-0.2, 0) is 15.1 Å². The van der Waals surface area contributed by atoms with Gasteiger partial charge < -0.3 is 19.5 Å². The zero-order chi connectivity index (χ0) is 25.0. The molecule has 1 N–H and O–H groups in total. The number of amides is 1. The lowest BCUT2D eigenvalue weighted by molar-refractivity contribution is -0.114. The minimum atomic E-state index is -0.266. The number of carbonyl (C=O) groups excluding carboxylic acids is 1. The highest BCUT2D eigenvalue weighted by molar-refractivity contribution is 5.98. The molecule has 0 bridgehead atoms. The molecule has 1 saturated heterocycles. The largest absolute Gasteiger partial charge is 0.380 e. The molecule has 0 unspecified atom stereocenters. The summed E-state index contributed by atoms with van der Waals surface area (Å²) in [4.78, 5) is 32.1. The summed E-state index contributed by atoms with van der Waals surface area (Å²) in [6.07, 6.45) is 11.5. The maximum atomic E-state index is 13.7. The predicted molar refractivity (Wildman–Crippen MR) is 140 cm³/mol. The predicted octanol–water partition coefficient (Wildman–Crippen LogP) is 4.07. The van der Waals surface area contributed by atoms with Gasteiger partial charge in [-0.1, -0.05) is 0 Å². The zero-order valence-corrected chi connectivity index (χ0v) is 21.3. The Bertz CT molecular complexity index is 1380. The van der Waals surface area contributed by atoms with Gasteiger partial charge in [0.1, 0.15) is 11.5 Å². The number of nitrogens with zero attached hydrogens (tertiary/aromatic N) is 5. The molecule has 9 heteroatoms. The highest BCUT2D eigenvalue weighted by Gasteiger charge is 2.38. The van der Waals surface area contributed by atoms with Gasteiger partial charge in [-0.05, 0) is 64.0 Å². The SMILES string of the molecule is CO[C@H]1CCN(c2cc(-c3cn(C4CCC4)c4cnc(NC(C)=O)cc34)nn(C3(C)CCC3)c2=O)C1. The first-order chi connectivity index (χ1) is 17.4. The van der Waals surface area contributed by atoms with Crippen molar-refractivity contribution in [2.24, 2.45) is 0 Å². The lowest BCUT2D eigenvalue weighted by atomic mass is 9.78. The van der Waals surface area contributed by atoms with Crippen molar-refractivity contribution in [2.45, 2.75) is 76.5 Å². The Morgan fingerprint density at radius 3 is 2.61 bits per heavy atom. The first kappa shape index (κ1) is 23.2. The fraction of sp³-hybridized carbons (Fsp3) is 0.556. The number of pyridine rings is 1. The molecule has 4 heterocycles. The van der Waals surface area contributed by atoms with Crippen LogP contribution in [0.5, 0.6) is 0 Å². The average molecular weight is 491 g/mol. The second-order valence-electron chi connectivity index (χ2n) is 10.9. The molecule has 190 valence electrons. The van der Waals surface area contributed by atoms with Crippen LogP contribution in [0.4, 0.5) is 11.5 Å². The first-order valence-corrected chi connectivity index (χ1v) is 13.1. The van der Waals surface area contributed by atoms with E-state index in [4.69, 9.17) is 9.84 Å². The third-order valence-corrected chi connectivity index (χ3v) is 8.42. The van der Waals surface area contributed by atoms with Gasteiger partial charge in [0.05, 0.1) is 29.1 Å². The van der Waals surface area contributed by atoms with Crippen molar-refractivity contribution >= 4 is 28.3 Å². The molecule has 0 spiro atoms. The smallest absolute Gasteiger partial charge is 0.290 e. The van der Waals surface area contributed by atoms with E-state index in [1.807, 2.05) is 18.3 Å². The molecule has 0 aromatic carbocycles. The molecule has 9 nitrogen and oxygen atoms in total. The number of methoxy groups -OCH3 is 1. The van der Waals surface area contributed by atoms with Crippen molar-refractivity contribution in [3.63, 3.8) is 0 Å². The van der Waals surface area contributed by atoms with E-state index in [-0.39, 0.29) is 23.1 Å². The minimum Gasteiger partial charge on any atom is -0.380 e. The van der Waals surface area contributed by atoms with E-state index in [1.54, 1.807) is 11.8 Å². The molecule has 3 fully saturated rings. The van der Waals surface area contributed by atoms with Crippen LogP contribution >= 0.6 is 0 Å². The second-order valence-corrected chi connectivity index (χ2v) is 10.9. The molecule has 1 atom stereocenters. The number of ether oxygens (including phenoxy) is 1. The molecule has 6 rings (SSSR count). The highest BCUT2D eigenvalue weighted by atomic mass is 16.5. The Morgan fingerprint density at radius 1 is 1.19 bits per heavy atom. The second kappa shape index (κ2) is 8.73. The topological polar surface area (TPSA) is 94.3 Å². The van der Waals surface area contributed by atoms with Crippen LogP contribution < -0.4 is 15.8 Å². The van der Waals surface area contributed by atoms with Crippen molar-refractivity contribution in [1.29, 1.82) is 0 Å². The number of hydrogen-bond acceptors (Lipinski definition) is 6. The van der Waals surface area contributed by atoms with Gasteiger partial charge in [0.25, 0.3) is 5.56 Å². The maximum Gasteiger partial charge on any atom is 0.290 e. The van der Waals surface area contributed by atoms with Crippen LogP contribution in [0.1, 0.15) is 64.8 Å². The molecule has 3 aliphatic rings. The Balaban J connectivity index is 1.54. The molecule has 2 saturated carbocycles. The lowest BCUT2D eigenvalue weighted by Crippen LogP contribution is -2.47. The van der Waals surface area contributed by atoms with Crippen molar-refractivity contribution in [3.05, 3.63) is 34.9 Å². The third-order valence-electron chi connectivity index (χ3n) is 8.42. The molecule has 1 amide bonds. The average Bonchev–Trinajstić information content (AvgIpc) is 3.41. The molecule has 3 aromatic rings. The van der Waals surface area contributed by atoms with Crippen LogP contribution in [0.3, 0.4) is 0 Å². The third kappa shape index (κ3) is 3.80. The maximum absolute atomic E-state index is 13.7. The van der Waals surface area contributed by atoms with E-state index in [1.165, 1.54) is 13.3 Å². The summed E-state index contributed by atoms with van der Waals surface area (Å²) in [6.45, 7) is 5.11. The standard InChI is InChI=1S/C27H34N6O3/c1-17(34)29-25-12-20-21(16-32(18-6-4-7-18)24(20)14-28-25)22-13-23(31-11-8-19(15-31)36-3)26(35)33(30-22)27(2)9-5-10-27/h12-14,16,18-19H,4-11,15H2,1-3H3,(H,28,29,34)/t19-/m0/s1. The fourth-order valence-electron chi connectivity index (χ4n) is 5.81. The van der Waals surface area contributed by atoms with Gasteiger partial charge in [0.15, 0.2) is 0 Å². The summed E-state index contributed by atoms with van der Waals surface area (Å²) in [6, 6.07) is 4.32. The van der Waals surface area contributed by atoms with Crippen LogP contribution in [0.25, 0.3) is 22.2 Å². The van der Waals surface area contributed by atoms with Crippen molar-refractivity contribution in [1.82, 2.24) is 19.3 Å². The summed E-state index contributed by atoms with van der Waals surface area (Å²) in [5.41, 5.74) is 3.17. The van der Waals surface area contributed by atoms with Gasteiger partial charge in [-0.15, -0.1) is 0 Å². The molecular weight excluding hydrogens is 456 g/mol. The van der Waals surface area contributed by atoms with Gasteiger partial charge in [-0.25, -0.2) is 9.67 Å². The zero-order valence-electron chi connectivity index (χ0n) is 21.3. The summed E-state index contributed by atoms with van der Waals surface area (Å²) >= 11 is 0. The fourth-order valence-corrected chi connectivity index (χ4v) is 5.81. The van der Waals surface area contributed by atoms with Crippen LogP contribution in [0.2, 0.25) is 0 Å². The Hall–Kier alpha value is -3.20. The van der Waals surface area contributed by atoms with Gasteiger partial charge in [-0.3, -0.25) is 9.59 Å². The number of anilines is 2. The normalized spacial score (nSPS) is 21.4. The van der Waals surface area contributed by atoms with E-state index in [2.05, 4.69) is 32.9 Å². The van der Waals surface area contributed by atoms with E-state index >= 15 is 0 Å². The van der Waals surface area contributed by atoms with E-state index in [0.717, 1.165) is 67.2 Å².